The van der Waals surface area contributed by atoms with Gasteiger partial charge in [0.25, 0.3) is 0 Å². The minimum Gasteiger partial charge on any atom is -0.755 e. The van der Waals surface area contributed by atoms with Crippen molar-refractivity contribution < 1.29 is 8.76 Å². The highest BCUT2D eigenvalue weighted by Gasteiger charge is 1.91. The van der Waals surface area contributed by atoms with E-state index in [1.165, 1.54) is 0 Å². The fourth-order valence-electron chi connectivity index (χ4n) is 0.769. The van der Waals surface area contributed by atoms with Gasteiger partial charge in [-0.2, -0.15) is 0 Å². The second-order valence-electron chi connectivity index (χ2n) is 2.06. The normalized spacial score (nSPS) is 12.2. The van der Waals surface area contributed by atoms with E-state index in [0.717, 1.165) is 0 Å². The third-order valence-corrected chi connectivity index (χ3v) is 1.63. The summed E-state index contributed by atoms with van der Waals surface area (Å²) in [4.78, 5) is 0. The van der Waals surface area contributed by atoms with Crippen LogP contribution in [0.3, 0.4) is 0 Å². The zero-order chi connectivity index (χ0) is 8.97. The van der Waals surface area contributed by atoms with Gasteiger partial charge in [-0.05, 0) is 18.2 Å². The molecule has 4 N–H and O–H groups in total. The van der Waals surface area contributed by atoms with Gasteiger partial charge in [-0.25, -0.2) is 0 Å². The zero-order valence-corrected chi connectivity index (χ0v) is 6.93. The fraction of sp³-hybridized carbons (Fsp3) is 0. The van der Waals surface area contributed by atoms with Crippen LogP contribution in [0.5, 0.6) is 0 Å². The Morgan fingerprint density at radius 2 is 2.08 bits per heavy atom. The van der Waals surface area contributed by atoms with E-state index in [1.54, 1.807) is 24.3 Å². The van der Waals surface area contributed by atoms with Crippen LogP contribution in [0.4, 0.5) is 11.4 Å². The molecule has 6 heteroatoms. The molecule has 5 nitrogen and oxygen atoms in total. The SMILES string of the molecule is NNc1cccc(NS(=O)[O-])c1. The van der Waals surface area contributed by atoms with Crippen molar-refractivity contribution >= 4 is 22.6 Å². The minimum atomic E-state index is -2.30. The van der Waals surface area contributed by atoms with Crippen molar-refractivity contribution in [3.63, 3.8) is 0 Å². The first-order valence-corrected chi connectivity index (χ1v) is 4.22. The molecule has 0 amide bonds. The first kappa shape index (κ1) is 8.98. The quantitative estimate of drug-likeness (QED) is 0.357. The van der Waals surface area contributed by atoms with Gasteiger partial charge in [-0.15, -0.1) is 0 Å². The van der Waals surface area contributed by atoms with E-state index in [1.807, 2.05) is 0 Å². The van der Waals surface area contributed by atoms with E-state index in [0.29, 0.717) is 11.4 Å². The summed E-state index contributed by atoms with van der Waals surface area (Å²) in [5, 5.41) is 0. The number of nitrogens with one attached hydrogen (secondary N) is 2. The molecule has 1 atom stereocenters. The van der Waals surface area contributed by atoms with E-state index in [4.69, 9.17) is 5.84 Å². The summed E-state index contributed by atoms with van der Waals surface area (Å²) in [6.07, 6.45) is 0. The first-order chi connectivity index (χ1) is 5.72. The lowest BCUT2D eigenvalue weighted by molar-refractivity contribution is 0.542. The molecule has 0 bridgehead atoms. The minimum absolute atomic E-state index is 0.471. The van der Waals surface area contributed by atoms with Crippen molar-refractivity contribution in [3.8, 4) is 0 Å². The lowest BCUT2D eigenvalue weighted by atomic mass is 10.3. The monoisotopic (exact) mass is 186 g/mol. The molecule has 0 aliphatic carbocycles. The van der Waals surface area contributed by atoms with Crippen LogP contribution < -0.4 is 16.0 Å². The van der Waals surface area contributed by atoms with Gasteiger partial charge in [-0.3, -0.25) is 10.1 Å². The summed E-state index contributed by atoms with van der Waals surface area (Å²) in [5.74, 6) is 5.12. The summed E-state index contributed by atoms with van der Waals surface area (Å²) < 4.78 is 22.6. The van der Waals surface area contributed by atoms with Crippen LogP contribution in [0.2, 0.25) is 0 Å². The highest BCUT2D eigenvalue weighted by atomic mass is 32.2. The van der Waals surface area contributed by atoms with E-state index in [2.05, 4.69) is 10.1 Å². The first-order valence-electron chi connectivity index (χ1n) is 3.15. The predicted molar refractivity (Wildman–Crippen MR) is 46.8 cm³/mol. The van der Waals surface area contributed by atoms with Gasteiger partial charge < -0.3 is 14.7 Å². The van der Waals surface area contributed by atoms with Crippen molar-refractivity contribution in [1.82, 2.24) is 0 Å². The third kappa shape index (κ3) is 2.50. The Hall–Kier alpha value is -1.11. The zero-order valence-electron chi connectivity index (χ0n) is 6.11. The number of rotatable bonds is 3. The topological polar surface area (TPSA) is 90.2 Å². The van der Waals surface area contributed by atoms with Crippen LogP contribution in [0, 0.1) is 0 Å². The van der Waals surface area contributed by atoms with Crippen molar-refractivity contribution in [1.29, 1.82) is 0 Å². The number of nitrogen functional groups attached to an aromatic ring is 1. The summed E-state index contributed by atoms with van der Waals surface area (Å²) >= 11 is -2.30. The van der Waals surface area contributed by atoms with Gasteiger partial charge in [0, 0.05) is 17.0 Å². The molecule has 1 aromatic carbocycles. The predicted octanol–water partition coefficient (Wildman–Crippen LogP) is 0.178. The molecule has 0 aromatic heterocycles. The second-order valence-corrected chi connectivity index (χ2v) is 2.74. The van der Waals surface area contributed by atoms with E-state index in [9.17, 15) is 8.76 Å². The van der Waals surface area contributed by atoms with E-state index in [-0.39, 0.29) is 0 Å². The summed E-state index contributed by atoms with van der Waals surface area (Å²) in [7, 11) is 0. The molecule has 1 aromatic rings. The Labute approximate surface area is 72.4 Å². The standard InChI is InChI=1S/C6H9N3O2S/c7-8-5-2-1-3-6(4-5)9-12(10)11/h1-4,8-9H,7H2,(H,10,11)/p-1. The molecule has 66 valence electrons. The van der Waals surface area contributed by atoms with Crippen LogP contribution in [0.15, 0.2) is 24.3 Å². The lowest BCUT2D eigenvalue weighted by Gasteiger charge is -2.09. The van der Waals surface area contributed by atoms with E-state index < -0.39 is 11.3 Å². The summed E-state index contributed by atoms with van der Waals surface area (Å²) in [6.45, 7) is 0. The van der Waals surface area contributed by atoms with Gasteiger partial charge >= 0.3 is 0 Å². The maximum atomic E-state index is 10.2. The Kier molecular flexibility index (Phi) is 3.03. The number of nitrogens with two attached hydrogens (primary N) is 1. The highest BCUT2D eigenvalue weighted by molar-refractivity contribution is 7.80. The molecular formula is C6H8N3O2S-. The Morgan fingerprint density at radius 3 is 2.67 bits per heavy atom. The highest BCUT2D eigenvalue weighted by Crippen LogP contribution is 2.13. The smallest absolute Gasteiger partial charge is 0.0505 e. The average Bonchev–Trinajstić information content (AvgIpc) is 2.03. The van der Waals surface area contributed by atoms with Crippen LogP contribution in [0.25, 0.3) is 0 Å². The average molecular weight is 186 g/mol. The molecule has 0 aliphatic heterocycles. The molecule has 0 saturated carbocycles. The second kappa shape index (κ2) is 4.05. The van der Waals surface area contributed by atoms with Crippen molar-refractivity contribution in [2.24, 2.45) is 5.84 Å². The number of hydrazine groups is 1. The van der Waals surface area contributed by atoms with Gasteiger partial charge in [0.2, 0.25) is 0 Å². The molecule has 0 spiro atoms. The Morgan fingerprint density at radius 1 is 1.42 bits per heavy atom. The van der Waals surface area contributed by atoms with Gasteiger partial charge in [0.05, 0.1) is 5.69 Å². The van der Waals surface area contributed by atoms with E-state index >= 15 is 0 Å². The number of hydrogen-bond acceptors (Lipinski definition) is 4. The van der Waals surface area contributed by atoms with Crippen LogP contribution in [-0.2, 0) is 11.3 Å². The number of hydrogen-bond donors (Lipinski definition) is 3. The molecule has 0 radical (unpaired) electrons. The molecule has 0 heterocycles. The van der Waals surface area contributed by atoms with Gasteiger partial charge in [0.1, 0.15) is 0 Å². The molecule has 1 unspecified atom stereocenters. The molecular weight excluding hydrogens is 178 g/mol. The lowest BCUT2D eigenvalue weighted by Crippen LogP contribution is -2.07. The molecule has 0 aliphatic rings. The van der Waals surface area contributed by atoms with Gasteiger partial charge in [-0.1, -0.05) is 6.07 Å². The maximum Gasteiger partial charge on any atom is 0.0505 e. The number of anilines is 2. The summed E-state index contributed by atoms with van der Waals surface area (Å²) in [5.41, 5.74) is 3.51. The molecule has 0 fully saturated rings. The Balaban J connectivity index is 2.79. The maximum absolute atomic E-state index is 10.2. The van der Waals surface area contributed by atoms with Crippen molar-refractivity contribution in [2.45, 2.75) is 0 Å². The van der Waals surface area contributed by atoms with Crippen LogP contribution in [0.1, 0.15) is 0 Å². The summed E-state index contributed by atoms with van der Waals surface area (Å²) in [6, 6.07) is 6.61. The van der Waals surface area contributed by atoms with Crippen LogP contribution in [-0.4, -0.2) is 8.76 Å². The number of benzene rings is 1. The Bertz CT molecular complexity index is 292. The van der Waals surface area contributed by atoms with Gasteiger partial charge in [0.15, 0.2) is 0 Å². The third-order valence-electron chi connectivity index (χ3n) is 1.23. The molecule has 1 rings (SSSR count). The van der Waals surface area contributed by atoms with Crippen LogP contribution >= 0.6 is 0 Å². The largest absolute Gasteiger partial charge is 0.755 e. The molecule has 12 heavy (non-hydrogen) atoms. The molecule has 0 saturated heterocycles. The van der Waals surface area contributed by atoms with Crippen molar-refractivity contribution in [3.05, 3.63) is 24.3 Å². The fourth-order valence-corrected chi connectivity index (χ4v) is 1.09. The van der Waals surface area contributed by atoms with Crippen molar-refractivity contribution in [2.75, 3.05) is 10.1 Å².